The minimum Gasteiger partial charge on any atom is -0.475 e. The van der Waals surface area contributed by atoms with E-state index in [-0.39, 0.29) is 24.3 Å². The van der Waals surface area contributed by atoms with Crippen LogP contribution in [0, 0.1) is 0 Å². The van der Waals surface area contributed by atoms with Crippen molar-refractivity contribution in [1.29, 1.82) is 0 Å². The molecule has 0 aliphatic carbocycles. The number of carbonyl (C=O) groups is 1. The van der Waals surface area contributed by atoms with Gasteiger partial charge in [-0.05, 0) is 39.2 Å². The Balaban J connectivity index is 1.71. The van der Waals surface area contributed by atoms with Gasteiger partial charge in [-0.25, -0.2) is 4.98 Å². The van der Waals surface area contributed by atoms with Gasteiger partial charge < -0.3 is 19.1 Å². The van der Waals surface area contributed by atoms with Crippen molar-refractivity contribution in [2.24, 2.45) is 0 Å². The van der Waals surface area contributed by atoms with Gasteiger partial charge in [-0.3, -0.25) is 4.79 Å². The standard InChI is InChI=1S/C17H24N2O4/c1-12(2)23-15-7-6-13(11-18-15)16(20)19-8-4-3-5-14(19)17-21-9-10-22-17/h6-7,11-12,14,17H,3-5,8-10H2,1-2H3. The first-order valence-electron chi connectivity index (χ1n) is 8.32. The third-order valence-corrected chi connectivity index (χ3v) is 4.11. The van der Waals surface area contributed by atoms with E-state index < -0.39 is 0 Å². The van der Waals surface area contributed by atoms with Gasteiger partial charge in [0.1, 0.15) is 0 Å². The van der Waals surface area contributed by atoms with Gasteiger partial charge in [0, 0.05) is 18.8 Å². The number of piperidine rings is 1. The normalized spacial score (nSPS) is 22.6. The Morgan fingerprint density at radius 3 is 2.74 bits per heavy atom. The summed E-state index contributed by atoms with van der Waals surface area (Å²) in [5, 5.41) is 0. The molecule has 6 nitrogen and oxygen atoms in total. The van der Waals surface area contributed by atoms with E-state index >= 15 is 0 Å². The highest BCUT2D eigenvalue weighted by molar-refractivity contribution is 5.94. The molecule has 0 radical (unpaired) electrons. The minimum atomic E-state index is -0.296. The third kappa shape index (κ3) is 3.82. The molecule has 2 aliphatic rings. The molecule has 2 aliphatic heterocycles. The lowest BCUT2D eigenvalue weighted by Gasteiger charge is -2.38. The average molecular weight is 320 g/mol. The molecule has 3 heterocycles. The predicted octanol–water partition coefficient (Wildman–Crippen LogP) is 2.24. The number of hydrogen-bond donors (Lipinski definition) is 0. The Bertz CT molecular complexity index is 526. The molecule has 6 heteroatoms. The molecule has 23 heavy (non-hydrogen) atoms. The van der Waals surface area contributed by atoms with Gasteiger partial charge in [0.25, 0.3) is 5.91 Å². The molecule has 2 fully saturated rings. The van der Waals surface area contributed by atoms with Crippen LogP contribution in [0.15, 0.2) is 18.3 Å². The molecule has 0 saturated carbocycles. The zero-order valence-corrected chi connectivity index (χ0v) is 13.7. The second-order valence-corrected chi connectivity index (χ2v) is 6.22. The van der Waals surface area contributed by atoms with E-state index in [2.05, 4.69) is 4.98 Å². The van der Waals surface area contributed by atoms with Crippen molar-refractivity contribution in [3.63, 3.8) is 0 Å². The van der Waals surface area contributed by atoms with Gasteiger partial charge in [0.15, 0.2) is 6.29 Å². The number of nitrogens with zero attached hydrogens (tertiary/aromatic N) is 2. The lowest BCUT2D eigenvalue weighted by atomic mass is 10.0. The summed E-state index contributed by atoms with van der Waals surface area (Å²) in [5.41, 5.74) is 0.575. The Hall–Kier alpha value is -1.66. The van der Waals surface area contributed by atoms with Crippen LogP contribution in [0.4, 0.5) is 0 Å². The fraction of sp³-hybridized carbons (Fsp3) is 0.647. The topological polar surface area (TPSA) is 60.9 Å². The molecule has 1 aromatic rings. The van der Waals surface area contributed by atoms with Gasteiger partial charge in [0.2, 0.25) is 5.88 Å². The second-order valence-electron chi connectivity index (χ2n) is 6.22. The summed E-state index contributed by atoms with van der Waals surface area (Å²) in [6.45, 7) is 5.83. The van der Waals surface area contributed by atoms with Crippen molar-refractivity contribution in [1.82, 2.24) is 9.88 Å². The van der Waals surface area contributed by atoms with Gasteiger partial charge in [0.05, 0.1) is 30.9 Å². The fourth-order valence-electron chi connectivity index (χ4n) is 3.08. The average Bonchev–Trinajstić information content (AvgIpc) is 3.09. The molecular weight excluding hydrogens is 296 g/mol. The molecule has 0 aromatic carbocycles. The molecule has 1 unspecified atom stereocenters. The largest absolute Gasteiger partial charge is 0.475 e. The van der Waals surface area contributed by atoms with Gasteiger partial charge >= 0.3 is 0 Å². The quantitative estimate of drug-likeness (QED) is 0.851. The number of ether oxygens (including phenoxy) is 3. The molecule has 2 saturated heterocycles. The van der Waals surface area contributed by atoms with E-state index in [1.165, 1.54) is 0 Å². The van der Waals surface area contributed by atoms with E-state index in [9.17, 15) is 4.79 Å². The van der Waals surface area contributed by atoms with Crippen LogP contribution in [-0.4, -0.2) is 54.0 Å². The van der Waals surface area contributed by atoms with Crippen molar-refractivity contribution in [3.05, 3.63) is 23.9 Å². The van der Waals surface area contributed by atoms with Crippen molar-refractivity contribution >= 4 is 5.91 Å². The number of hydrogen-bond acceptors (Lipinski definition) is 5. The van der Waals surface area contributed by atoms with Crippen LogP contribution in [0.25, 0.3) is 0 Å². The predicted molar refractivity (Wildman–Crippen MR) is 84.4 cm³/mol. The van der Waals surface area contributed by atoms with E-state index in [0.29, 0.717) is 24.7 Å². The molecule has 1 amide bonds. The van der Waals surface area contributed by atoms with Crippen molar-refractivity contribution in [3.8, 4) is 5.88 Å². The van der Waals surface area contributed by atoms with Crippen LogP contribution in [0.1, 0.15) is 43.5 Å². The number of pyridine rings is 1. The first kappa shape index (κ1) is 16.2. The maximum absolute atomic E-state index is 12.8. The molecule has 0 N–H and O–H groups in total. The number of aromatic nitrogens is 1. The van der Waals surface area contributed by atoms with Crippen molar-refractivity contribution in [2.45, 2.75) is 51.5 Å². The number of carbonyl (C=O) groups excluding carboxylic acids is 1. The van der Waals surface area contributed by atoms with E-state index in [0.717, 1.165) is 25.8 Å². The Labute approximate surface area is 136 Å². The first-order chi connectivity index (χ1) is 11.1. The van der Waals surface area contributed by atoms with Gasteiger partial charge in [-0.1, -0.05) is 0 Å². The molecular formula is C17H24N2O4. The summed E-state index contributed by atoms with van der Waals surface area (Å²) in [4.78, 5) is 18.9. The SMILES string of the molecule is CC(C)Oc1ccc(C(=O)N2CCCCC2C2OCCO2)cn1. The van der Waals surface area contributed by atoms with Crippen molar-refractivity contribution < 1.29 is 19.0 Å². The molecule has 1 atom stereocenters. The van der Waals surface area contributed by atoms with Crippen molar-refractivity contribution in [2.75, 3.05) is 19.8 Å². The fourth-order valence-corrected chi connectivity index (χ4v) is 3.08. The van der Waals surface area contributed by atoms with Crippen LogP contribution in [0.2, 0.25) is 0 Å². The van der Waals surface area contributed by atoms with Gasteiger partial charge in [-0.2, -0.15) is 0 Å². The monoisotopic (exact) mass is 320 g/mol. The highest BCUT2D eigenvalue weighted by Crippen LogP contribution is 2.26. The summed E-state index contributed by atoms with van der Waals surface area (Å²) in [7, 11) is 0. The number of likely N-dealkylation sites (tertiary alicyclic amines) is 1. The van der Waals surface area contributed by atoms with Crippen LogP contribution in [-0.2, 0) is 9.47 Å². The van der Waals surface area contributed by atoms with Crippen LogP contribution < -0.4 is 4.74 Å². The summed E-state index contributed by atoms with van der Waals surface area (Å²) in [6.07, 6.45) is 4.37. The van der Waals surface area contributed by atoms with E-state index in [4.69, 9.17) is 14.2 Å². The summed E-state index contributed by atoms with van der Waals surface area (Å²) in [5.74, 6) is 0.520. The number of rotatable bonds is 4. The van der Waals surface area contributed by atoms with E-state index in [1.807, 2.05) is 18.7 Å². The Morgan fingerprint density at radius 1 is 1.30 bits per heavy atom. The maximum atomic E-state index is 12.8. The second kappa shape index (κ2) is 7.27. The Kier molecular flexibility index (Phi) is 5.13. The first-order valence-corrected chi connectivity index (χ1v) is 8.32. The summed E-state index contributed by atoms with van der Waals surface area (Å²) in [6, 6.07) is 3.51. The highest BCUT2D eigenvalue weighted by atomic mass is 16.7. The lowest BCUT2D eigenvalue weighted by molar-refractivity contribution is -0.100. The maximum Gasteiger partial charge on any atom is 0.255 e. The van der Waals surface area contributed by atoms with Crippen LogP contribution in [0.3, 0.4) is 0 Å². The highest BCUT2D eigenvalue weighted by Gasteiger charge is 2.36. The Morgan fingerprint density at radius 2 is 2.09 bits per heavy atom. The third-order valence-electron chi connectivity index (χ3n) is 4.11. The zero-order chi connectivity index (χ0) is 16.2. The molecule has 126 valence electrons. The smallest absolute Gasteiger partial charge is 0.255 e. The minimum absolute atomic E-state index is 0.00894. The lowest BCUT2D eigenvalue weighted by Crippen LogP contribution is -2.50. The van der Waals surface area contributed by atoms with Gasteiger partial charge in [-0.15, -0.1) is 0 Å². The molecule has 1 aromatic heterocycles. The molecule has 0 bridgehead atoms. The summed E-state index contributed by atoms with van der Waals surface area (Å²) < 4.78 is 16.8. The van der Waals surface area contributed by atoms with Crippen LogP contribution in [0.5, 0.6) is 5.88 Å². The summed E-state index contributed by atoms with van der Waals surface area (Å²) >= 11 is 0. The molecule has 3 rings (SSSR count). The zero-order valence-electron chi connectivity index (χ0n) is 13.7. The van der Waals surface area contributed by atoms with E-state index in [1.54, 1.807) is 18.3 Å². The van der Waals surface area contributed by atoms with Crippen LogP contribution >= 0.6 is 0 Å². The molecule has 0 spiro atoms. The number of amides is 1.